The van der Waals surface area contributed by atoms with Crippen LogP contribution in [0.25, 0.3) is 0 Å². The van der Waals surface area contributed by atoms with Crippen LogP contribution in [0, 0.1) is 0 Å². The zero-order chi connectivity index (χ0) is 13.1. The summed E-state index contributed by atoms with van der Waals surface area (Å²) in [4.78, 5) is 2.24. The topological polar surface area (TPSA) is 20.2 Å². The Morgan fingerprint density at radius 3 is 2.39 bits per heavy atom. The Bertz CT molecular complexity index is 540. The van der Waals surface area contributed by atoms with E-state index in [0.29, 0.717) is 0 Å². The lowest BCUT2D eigenvalue weighted by Crippen LogP contribution is -1.90. The van der Waals surface area contributed by atoms with E-state index in [-0.39, 0.29) is 0 Å². The molecule has 0 bridgehead atoms. The molecular formula is C14H12BrClOS. The Kier molecular flexibility index (Phi) is 4.73. The van der Waals surface area contributed by atoms with Crippen LogP contribution in [-0.2, 0) is 0 Å². The molecule has 94 valence electrons. The van der Waals surface area contributed by atoms with Crippen molar-refractivity contribution in [3.8, 4) is 0 Å². The van der Waals surface area contributed by atoms with Crippen LogP contribution in [0.2, 0.25) is 5.02 Å². The van der Waals surface area contributed by atoms with Gasteiger partial charge in [0.2, 0.25) is 0 Å². The molecule has 0 saturated heterocycles. The summed E-state index contributed by atoms with van der Waals surface area (Å²) < 4.78 is 0.987. The van der Waals surface area contributed by atoms with Crippen LogP contribution in [-0.4, -0.2) is 5.11 Å². The third-order valence-corrected chi connectivity index (χ3v) is 4.73. The highest BCUT2D eigenvalue weighted by Gasteiger charge is 2.06. The first kappa shape index (κ1) is 13.9. The third-order valence-electron chi connectivity index (χ3n) is 2.48. The molecule has 0 aliphatic rings. The van der Waals surface area contributed by atoms with E-state index < -0.39 is 6.10 Å². The molecular weight excluding hydrogens is 332 g/mol. The molecule has 0 aliphatic carbocycles. The second-order valence-electron chi connectivity index (χ2n) is 3.92. The minimum atomic E-state index is -0.448. The van der Waals surface area contributed by atoms with E-state index in [0.717, 1.165) is 24.8 Å². The van der Waals surface area contributed by atoms with Crippen molar-refractivity contribution in [3.05, 3.63) is 57.5 Å². The molecule has 0 unspecified atom stereocenters. The maximum absolute atomic E-state index is 9.52. The van der Waals surface area contributed by atoms with Gasteiger partial charge in [-0.25, -0.2) is 0 Å². The molecule has 2 aromatic carbocycles. The Morgan fingerprint density at radius 2 is 1.83 bits per heavy atom. The van der Waals surface area contributed by atoms with Gasteiger partial charge in [0.05, 0.1) is 6.10 Å². The molecule has 4 heteroatoms. The summed E-state index contributed by atoms with van der Waals surface area (Å²) in [7, 11) is 0. The molecule has 18 heavy (non-hydrogen) atoms. The average molecular weight is 344 g/mol. The van der Waals surface area contributed by atoms with Crippen LogP contribution in [0.4, 0.5) is 0 Å². The minimum absolute atomic E-state index is 0.448. The van der Waals surface area contributed by atoms with E-state index in [1.54, 1.807) is 18.7 Å². The Morgan fingerprint density at radius 1 is 1.17 bits per heavy atom. The van der Waals surface area contributed by atoms with Crippen LogP contribution >= 0.6 is 39.3 Å². The molecule has 0 amide bonds. The van der Waals surface area contributed by atoms with Crippen molar-refractivity contribution in [3.63, 3.8) is 0 Å². The first-order valence-corrected chi connectivity index (χ1v) is 7.46. The maximum atomic E-state index is 9.52. The van der Waals surface area contributed by atoms with Gasteiger partial charge in [-0.15, -0.1) is 0 Å². The quantitative estimate of drug-likeness (QED) is 0.815. The van der Waals surface area contributed by atoms with Gasteiger partial charge in [0, 0.05) is 19.3 Å². The van der Waals surface area contributed by atoms with Gasteiger partial charge in [0.1, 0.15) is 0 Å². The van der Waals surface area contributed by atoms with Gasteiger partial charge in [-0.05, 0) is 64.8 Å². The van der Waals surface area contributed by atoms with Gasteiger partial charge < -0.3 is 5.11 Å². The van der Waals surface area contributed by atoms with Crippen molar-refractivity contribution < 1.29 is 5.11 Å². The highest BCUT2D eigenvalue weighted by Crippen LogP contribution is 2.35. The fraction of sp³-hybridized carbons (Fsp3) is 0.143. The van der Waals surface area contributed by atoms with E-state index in [2.05, 4.69) is 15.9 Å². The molecule has 0 fully saturated rings. The van der Waals surface area contributed by atoms with E-state index >= 15 is 0 Å². The number of rotatable bonds is 3. The third kappa shape index (κ3) is 3.51. The van der Waals surface area contributed by atoms with Gasteiger partial charge in [0.25, 0.3) is 0 Å². The van der Waals surface area contributed by atoms with E-state index in [9.17, 15) is 5.11 Å². The number of aliphatic hydroxyl groups excluding tert-OH is 1. The Hall–Kier alpha value is -0.480. The molecule has 1 nitrogen and oxygen atoms in total. The van der Waals surface area contributed by atoms with Gasteiger partial charge in [-0.3, -0.25) is 0 Å². The number of aliphatic hydroxyl groups is 1. The van der Waals surface area contributed by atoms with Crippen LogP contribution in [0.1, 0.15) is 18.6 Å². The summed E-state index contributed by atoms with van der Waals surface area (Å²) in [6, 6.07) is 13.6. The van der Waals surface area contributed by atoms with E-state index in [1.807, 2.05) is 42.5 Å². The van der Waals surface area contributed by atoms with Crippen molar-refractivity contribution in [1.82, 2.24) is 0 Å². The summed E-state index contributed by atoms with van der Waals surface area (Å²) in [6.07, 6.45) is -0.448. The van der Waals surface area contributed by atoms with Crippen LogP contribution in [0.3, 0.4) is 0 Å². The number of benzene rings is 2. The van der Waals surface area contributed by atoms with Crippen molar-refractivity contribution in [2.75, 3.05) is 0 Å². The van der Waals surface area contributed by atoms with Gasteiger partial charge in [-0.2, -0.15) is 0 Å². The predicted molar refractivity (Wildman–Crippen MR) is 80.4 cm³/mol. The van der Waals surface area contributed by atoms with Crippen molar-refractivity contribution in [2.24, 2.45) is 0 Å². The summed E-state index contributed by atoms with van der Waals surface area (Å²) >= 11 is 11.0. The largest absolute Gasteiger partial charge is 0.389 e. The van der Waals surface area contributed by atoms with Crippen molar-refractivity contribution in [2.45, 2.75) is 22.8 Å². The number of hydrogen-bond donors (Lipinski definition) is 1. The van der Waals surface area contributed by atoms with Gasteiger partial charge in [0.15, 0.2) is 0 Å². The molecule has 0 radical (unpaired) electrons. The van der Waals surface area contributed by atoms with Crippen molar-refractivity contribution in [1.29, 1.82) is 0 Å². The second-order valence-corrected chi connectivity index (χ2v) is 6.33. The highest BCUT2D eigenvalue weighted by atomic mass is 79.9. The standard InChI is InChI=1S/C14H12BrClOS/c1-9(17)10-2-7-14(13(15)8-10)18-12-5-3-11(16)4-6-12/h2-9,17H,1H3/t9-/m1/s1. The van der Waals surface area contributed by atoms with Crippen LogP contribution < -0.4 is 0 Å². The zero-order valence-electron chi connectivity index (χ0n) is 9.73. The van der Waals surface area contributed by atoms with Crippen LogP contribution in [0.5, 0.6) is 0 Å². The van der Waals surface area contributed by atoms with Crippen molar-refractivity contribution >= 4 is 39.3 Å². The zero-order valence-corrected chi connectivity index (χ0v) is 12.9. The summed E-state index contributed by atoms with van der Waals surface area (Å²) in [6.45, 7) is 1.76. The minimum Gasteiger partial charge on any atom is -0.389 e. The molecule has 2 rings (SSSR count). The molecule has 1 atom stereocenters. The molecule has 0 aromatic heterocycles. The fourth-order valence-electron chi connectivity index (χ4n) is 1.49. The van der Waals surface area contributed by atoms with E-state index in [1.165, 1.54) is 0 Å². The molecule has 0 saturated carbocycles. The number of halogens is 2. The SMILES string of the molecule is C[C@@H](O)c1ccc(Sc2ccc(Cl)cc2)c(Br)c1. The Balaban J connectivity index is 2.22. The molecule has 0 heterocycles. The lowest BCUT2D eigenvalue weighted by Gasteiger charge is -2.09. The Labute approximate surface area is 124 Å². The van der Waals surface area contributed by atoms with Crippen LogP contribution in [0.15, 0.2) is 56.7 Å². The predicted octanol–water partition coefficient (Wildman–Crippen LogP) is 5.31. The fourth-order valence-corrected chi connectivity index (χ4v) is 3.07. The summed E-state index contributed by atoms with van der Waals surface area (Å²) in [5.74, 6) is 0. The highest BCUT2D eigenvalue weighted by molar-refractivity contribution is 9.10. The van der Waals surface area contributed by atoms with Gasteiger partial charge >= 0.3 is 0 Å². The smallest absolute Gasteiger partial charge is 0.0762 e. The normalized spacial score (nSPS) is 12.4. The molecule has 2 aromatic rings. The molecule has 0 spiro atoms. The second kappa shape index (κ2) is 6.11. The summed E-state index contributed by atoms with van der Waals surface area (Å²) in [5.41, 5.74) is 0.905. The summed E-state index contributed by atoms with van der Waals surface area (Å²) in [5, 5.41) is 10.3. The maximum Gasteiger partial charge on any atom is 0.0762 e. The lowest BCUT2D eigenvalue weighted by molar-refractivity contribution is 0.199. The molecule has 0 aliphatic heterocycles. The molecule has 1 N–H and O–H groups in total. The monoisotopic (exact) mass is 342 g/mol. The van der Waals surface area contributed by atoms with Gasteiger partial charge in [-0.1, -0.05) is 29.4 Å². The average Bonchev–Trinajstić information content (AvgIpc) is 2.34. The lowest BCUT2D eigenvalue weighted by atomic mass is 10.1. The number of hydrogen-bond acceptors (Lipinski definition) is 2. The van der Waals surface area contributed by atoms with E-state index in [4.69, 9.17) is 11.6 Å². The first-order valence-electron chi connectivity index (χ1n) is 5.47. The first-order chi connectivity index (χ1) is 8.56.